The van der Waals surface area contributed by atoms with Crippen molar-refractivity contribution in [3.63, 3.8) is 0 Å². The number of carbonyl (C=O) groups excluding carboxylic acids is 1. The van der Waals surface area contributed by atoms with E-state index in [0.29, 0.717) is 18.9 Å². The molecule has 0 radical (unpaired) electrons. The van der Waals surface area contributed by atoms with Crippen LogP contribution in [0, 0.1) is 11.8 Å². The van der Waals surface area contributed by atoms with Crippen molar-refractivity contribution in [2.45, 2.75) is 70.1 Å². The van der Waals surface area contributed by atoms with Gasteiger partial charge in [0.2, 0.25) is 5.91 Å². The Labute approximate surface area is 125 Å². The number of carboxylic acids is 1. The molecule has 3 rings (SSSR count). The topological polar surface area (TPSA) is 66.8 Å². The number of amides is 1. The van der Waals surface area contributed by atoms with Crippen LogP contribution in [-0.4, -0.2) is 46.7 Å². The number of hydrogen-bond donors (Lipinski definition) is 1. The molecule has 3 aliphatic rings. The SMILES string of the molecule is CCC1OCCC1C(=O)N1C(C(=O)O)CC2CCCCC21. The predicted octanol–water partition coefficient (Wildman–Crippen LogP) is 2.05. The van der Waals surface area contributed by atoms with Gasteiger partial charge in [-0.3, -0.25) is 4.79 Å². The summed E-state index contributed by atoms with van der Waals surface area (Å²) in [5, 5.41) is 9.52. The maximum atomic E-state index is 13.0. The van der Waals surface area contributed by atoms with E-state index < -0.39 is 12.0 Å². The van der Waals surface area contributed by atoms with Crippen molar-refractivity contribution in [1.29, 1.82) is 0 Å². The molecule has 5 unspecified atom stereocenters. The second kappa shape index (κ2) is 5.95. The lowest BCUT2D eigenvalue weighted by molar-refractivity contribution is -0.152. The molecule has 1 saturated carbocycles. The summed E-state index contributed by atoms with van der Waals surface area (Å²) in [7, 11) is 0. The number of nitrogens with zero attached hydrogens (tertiary/aromatic N) is 1. The summed E-state index contributed by atoms with van der Waals surface area (Å²) >= 11 is 0. The first-order chi connectivity index (χ1) is 10.1. The fourth-order valence-corrected chi connectivity index (χ4v) is 4.52. The van der Waals surface area contributed by atoms with Crippen LogP contribution in [0.25, 0.3) is 0 Å². The van der Waals surface area contributed by atoms with Gasteiger partial charge < -0.3 is 14.7 Å². The van der Waals surface area contributed by atoms with Gasteiger partial charge in [0.25, 0.3) is 0 Å². The Morgan fingerprint density at radius 2 is 2.00 bits per heavy atom. The zero-order chi connectivity index (χ0) is 15.0. The largest absolute Gasteiger partial charge is 0.480 e. The molecule has 5 atom stereocenters. The first-order valence-corrected chi connectivity index (χ1v) is 8.30. The zero-order valence-electron chi connectivity index (χ0n) is 12.7. The number of fused-ring (bicyclic) bond motifs is 1. The van der Waals surface area contributed by atoms with Crippen molar-refractivity contribution < 1.29 is 19.4 Å². The minimum atomic E-state index is -0.843. The van der Waals surface area contributed by atoms with Gasteiger partial charge in [-0.15, -0.1) is 0 Å². The number of carboxylic acid groups (broad SMARTS) is 1. The predicted molar refractivity (Wildman–Crippen MR) is 76.8 cm³/mol. The highest BCUT2D eigenvalue weighted by molar-refractivity contribution is 5.86. The Kier molecular flexibility index (Phi) is 4.20. The van der Waals surface area contributed by atoms with Crippen LogP contribution < -0.4 is 0 Å². The second-order valence-electron chi connectivity index (χ2n) is 6.66. The van der Waals surface area contributed by atoms with E-state index in [4.69, 9.17) is 4.74 Å². The molecule has 0 aromatic heterocycles. The van der Waals surface area contributed by atoms with Gasteiger partial charge >= 0.3 is 5.97 Å². The Bertz CT molecular complexity index is 425. The van der Waals surface area contributed by atoms with Gasteiger partial charge in [-0.1, -0.05) is 19.8 Å². The van der Waals surface area contributed by atoms with Crippen LogP contribution in [0.2, 0.25) is 0 Å². The molecule has 1 amide bonds. The lowest BCUT2D eigenvalue weighted by Gasteiger charge is -2.35. The summed E-state index contributed by atoms with van der Waals surface area (Å²) in [4.78, 5) is 26.3. The summed E-state index contributed by atoms with van der Waals surface area (Å²) < 4.78 is 5.63. The number of rotatable bonds is 3. The van der Waals surface area contributed by atoms with Crippen molar-refractivity contribution in [3.05, 3.63) is 0 Å². The van der Waals surface area contributed by atoms with Gasteiger partial charge in [0.1, 0.15) is 6.04 Å². The van der Waals surface area contributed by atoms with Crippen molar-refractivity contribution in [2.24, 2.45) is 11.8 Å². The molecule has 2 saturated heterocycles. The molecule has 0 aromatic rings. The normalized spacial score (nSPS) is 39.3. The number of ether oxygens (including phenoxy) is 1. The zero-order valence-corrected chi connectivity index (χ0v) is 12.7. The van der Waals surface area contributed by atoms with Crippen LogP contribution >= 0.6 is 0 Å². The smallest absolute Gasteiger partial charge is 0.326 e. The van der Waals surface area contributed by atoms with Crippen LogP contribution in [0.5, 0.6) is 0 Å². The van der Waals surface area contributed by atoms with Gasteiger partial charge in [0.15, 0.2) is 0 Å². The van der Waals surface area contributed by atoms with E-state index in [2.05, 4.69) is 0 Å². The van der Waals surface area contributed by atoms with E-state index in [1.54, 1.807) is 4.90 Å². The highest BCUT2D eigenvalue weighted by Gasteiger charge is 2.50. The molecule has 2 aliphatic heterocycles. The van der Waals surface area contributed by atoms with Crippen LogP contribution in [0.4, 0.5) is 0 Å². The van der Waals surface area contributed by atoms with Gasteiger partial charge in [-0.05, 0) is 38.0 Å². The van der Waals surface area contributed by atoms with E-state index in [9.17, 15) is 14.7 Å². The number of carbonyl (C=O) groups is 2. The summed E-state index contributed by atoms with van der Waals surface area (Å²) in [5.74, 6) is -0.574. The first kappa shape index (κ1) is 14.8. The van der Waals surface area contributed by atoms with Crippen LogP contribution in [0.3, 0.4) is 0 Å². The molecule has 5 nitrogen and oxygen atoms in total. The van der Waals surface area contributed by atoms with Gasteiger partial charge in [0.05, 0.1) is 12.0 Å². The minimum Gasteiger partial charge on any atom is -0.480 e. The summed E-state index contributed by atoms with van der Waals surface area (Å²) in [5.41, 5.74) is 0. The van der Waals surface area contributed by atoms with E-state index in [1.165, 1.54) is 6.42 Å². The van der Waals surface area contributed by atoms with Crippen molar-refractivity contribution >= 4 is 11.9 Å². The lowest BCUT2D eigenvalue weighted by Crippen LogP contribution is -2.49. The summed E-state index contributed by atoms with van der Waals surface area (Å²) in [6, 6.07) is -0.478. The van der Waals surface area contributed by atoms with E-state index >= 15 is 0 Å². The Morgan fingerprint density at radius 1 is 1.24 bits per heavy atom. The second-order valence-corrected chi connectivity index (χ2v) is 6.66. The van der Waals surface area contributed by atoms with E-state index in [1.807, 2.05) is 6.92 Å². The standard InChI is InChI=1S/C16H25NO4/c1-2-14-11(7-8-21-14)15(18)17-12-6-4-3-5-10(12)9-13(17)16(19)20/h10-14H,2-9H2,1H3,(H,19,20). The number of aliphatic carboxylic acids is 1. The Morgan fingerprint density at radius 3 is 2.71 bits per heavy atom. The van der Waals surface area contributed by atoms with Crippen LogP contribution in [-0.2, 0) is 14.3 Å². The molecule has 1 N–H and O–H groups in total. The molecule has 3 fully saturated rings. The average Bonchev–Trinajstić information content (AvgIpc) is 3.10. The quantitative estimate of drug-likeness (QED) is 0.865. The third-order valence-electron chi connectivity index (χ3n) is 5.56. The number of hydrogen-bond acceptors (Lipinski definition) is 3. The van der Waals surface area contributed by atoms with Crippen molar-refractivity contribution in [3.8, 4) is 0 Å². The third-order valence-corrected chi connectivity index (χ3v) is 5.56. The van der Waals surface area contributed by atoms with Crippen LogP contribution in [0.15, 0.2) is 0 Å². The molecular formula is C16H25NO4. The fraction of sp³-hybridized carbons (Fsp3) is 0.875. The summed E-state index contributed by atoms with van der Waals surface area (Å²) in [6.07, 6.45) is 6.45. The van der Waals surface area contributed by atoms with E-state index in [-0.39, 0.29) is 24.0 Å². The molecule has 118 valence electrons. The summed E-state index contributed by atoms with van der Waals surface area (Å²) in [6.45, 7) is 2.65. The molecule has 1 aliphatic carbocycles. The maximum Gasteiger partial charge on any atom is 0.326 e. The molecule has 0 bridgehead atoms. The molecule has 5 heteroatoms. The highest BCUT2D eigenvalue weighted by atomic mass is 16.5. The molecule has 21 heavy (non-hydrogen) atoms. The average molecular weight is 295 g/mol. The Balaban J connectivity index is 1.82. The van der Waals surface area contributed by atoms with Gasteiger partial charge in [0, 0.05) is 12.6 Å². The number of likely N-dealkylation sites (tertiary alicyclic amines) is 1. The lowest BCUT2D eigenvalue weighted by atomic mass is 9.84. The molecule has 0 aromatic carbocycles. The molecule has 0 spiro atoms. The van der Waals surface area contributed by atoms with Crippen LogP contribution in [0.1, 0.15) is 51.9 Å². The first-order valence-electron chi connectivity index (χ1n) is 8.30. The van der Waals surface area contributed by atoms with E-state index in [0.717, 1.165) is 32.1 Å². The van der Waals surface area contributed by atoms with Crippen molar-refractivity contribution in [1.82, 2.24) is 4.90 Å². The minimum absolute atomic E-state index is 0.0288. The molecular weight excluding hydrogens is 270 g/mol. The Hall–Kier alpha value is -1.10. The van der Waals surface area contributed by atoms with Gasteiger partial charge in [-0.25, -0.2) is 4.79 Å². The molecule has 2 heterocycles. The fourth-order valence-electron chi connectivity index (χ4n) is 4.52. The third kappa shape index (κ3) is 2.56. The van der Waals surface area contributed by atoms with Crippen molar-refractivity contribution in [2.75, 3.05) is 6.61 Å². The van der Waals surface area contributed by atoms with Gasteiger partial charge in [-0.2, -0.15) is 0 Å². The maximum absolute atomic E-state index is 13.0. The highest BCUT2D eigenvalue weighted by Crippen LogP contribution is 2.41. The monoisotopic (exact) mass is 295 g/mol.